The van der Waals surface area contributed by atoms with Crippen LogP contribution in [0.2, 0.25) is 0 Å². The minimum absolute atomic E-state index is 0.212. The monoisotopic (exact) mass is 336 g/mol. The van der Waals surface area contributed by atoms with Crippen molar-refractivity contribution in [2.75, 3.05) is 30.9 Å². The first-order chi connectivity index (χ1) is 12.1. The van der Waals surface area contributed by atoms with Crippen LogP contribution in [-0.4, -0.2) is 26.7 Å². The van der Waals surface area contributed by atoms with Crippen LogP contribution < -0.4 is 15.5 Å². The number of anilines is 2. The summed E-state index contributed by atoms with van der Waals surface area (Å²) in [6.07, 6.45) is 2.19. The molecule has 0 aliphatic heterocycles. The van der Waals surface area contributed by atoms with Crippen molar-refractivity contribution in [1.29, 1.82) is 5.26 Å². The lowest BCUT2D eigenvalue weighted by atomic mass is 10.1. The van der Waals surface area contributed by atoms with Crippen molar-refractivity contribution < 1.29 is 4.79 Å². The highest BCUT2D eigenvalue weighted by molar-refractivity contribution is 5.89. The number of carbonyl (C=O) groups is 1. The van der Waals surface area contributed by atoms with Crippen molar-refractivity contribution in [3.05, 3.63) is 59.7 Å². The van der Waals surface area contributed by atoms with Gasteiger partial charge >= 0.3 is 6.03 Å². The summed E-state index contributed by atoms with van der Waals surface area (Å²) in [5.41, 5.74) is 4.11. The minimum atomic E-state index is -0.212. The van der Waals surface area contributed by atoms with Gasteiger partial charge in [-0.25, -0.2) is 4.79 Å². The van der Waals surface area contributed by atoms with E-state index in [4.69, 9.17) is 5.26 Å². The van der Waals surface area contributed by atoms with E-state index in [2.05, 4.69) is 45.9 Å². The van der Waals surface area contributed by atoms with E-state index in [-0.39, 0.29) is 6.03 Å². The molecule has 5 nitrogen and oxygen atoms in total. The Balaban J connectivity index is 1.69. The van der Waals surface area contributed by atoms with Crippen molar-refractivity contribution in [1.82, 2.24) is 5.32 Å². The van der Waals surface area contributed by atoms with Crippen LogP contribution in [0.3, 0.4) is 0 Å². The van der Waals surface area contributed by atoms with Crippen LogP contribution >= 0.6 is 0 Å². The maximum Gasteiger partial charge on any atom is 0.319 e. The molecule has 2 aromatic carbocycles. The molecule has 0 fully saturated rings. The Hall–Kier alpha value is -3.00. The van der Waals surface area contributed by atoms with E-state index in [0.717, 1.165) is 24.1 Å². The molecule has 0 saturated heterocycles. The molecule has 0 aromatic heterocycles. The van der Waals surface area contributed by atoms with Gasteiger partial charge in [0.2, 0.25) is 0 Å². The Bertz CT molecular complexity index is 715. The SMILES string of the molecule is CN(C)c1ccc(CCCNC(=O)Nc2ccc(CC#N)cc2)cc1. The van der Waals surface area contributed by atoms with Gasteiger partial charge in [0, 0.05) is 32.0 Å². The van der Waals surface area contributed by atoms with E-state index in [9.17, 15) is 4.79 Å². The molecule has 2 aromatic rings. The lowest BCUT2D eigenvalue weighted by Gasteiger charge is -2.12. The number of benzene rings is 2. The summed E-state index contributed by atoms with van der Waals surface area (Å²) in [5, 5.41) is 14.3. The van der Waals surface area contributed by atoms with Crippen LogP contribution in [0.1, 0.15) is 17.5 Å². The highest BCUT2D eigenvalue weighted by Gasteiger charge is 2.02. The zero-order valence-electron chi connectivity index (χ0n) is 14.7. The first-order valence-electron chi connectivity index (χ1n) is 8.35. The molecule has 0 bridgehead atoms. The van der Waals surface area contributed by atoms with Gasteiger partial charge in [0.15, 0.2) is 0 Å². The average Bonchev–Trinajstić information content (AvgIpc) is 2.61. The topological polar surface area (TPSA) is 68.2 Å². The van der Waals surface area contributed by atoms with Gasteiger partial charge in [0.1, 0.15) is 0 Å². The maximum atomic E-state index is 11.9. The summed E-state index contributed by atoms with van der Waals surface area (Å²) < 4.78 is 0. The van der Waals surface area contributed by atoms with E-state index in [0.29, 0.717) is 13.0 Å². The molecule has 0 aliphatic carbocycles. The Morgan fingerprint density at radius 3 is 2.28 bits per heavy atom. The minimum Gasteiger partial charge on any atom is -0.378 e. The maximum absolute atomic E-state index is 11.9. The lowest BCUT2D eigenvalue weighted by Crippen LogP contribution is -2.29. The number of hydrogen-bond acceptors (Lipinski definition) is 3. The van der Waals surface area contributed by atoms with Crippen molar-refractivity contribution in [3.63, 3.8) is 0 Å². The molecule has 0 radical (unpaired) electrons. The van der Waals surface area contributed by atoms with Crippen molar-refractivity contribution in [2.45, 2.75) is 19.3 Å². The average molecular weight is 336 g/mol. The summed E-state index contributed by atoms with van der Waals surface area (Å²) in [6, 6.07) is 17.6. The van der Waals surface area contributed by atoms with Gasteiger partial charge < -0.3 is 15.5 Å². The number of nitrogens with zero attached hydrogens (tertiary/aromatic N) is 2. The summed E-state index contributed by atoms with van der Waals surface area (Å²) in [7, 11) is 4.04. The van der Waals surface area contributed by atoms with Gasteiger partial charge in [-0.05, 0) is 48.2 Å². The lowest BCUT2D eigenvalue weighted by molar-refractivity contribution is 0.252. The zero-order valence-corrected chi connectivity index (χ0v) is 14.7. The first-order valence-corrected chi connectivity index (χ1v) is 8.35. The summed E-state index contributed by atoms with van der Waals surface area (Å²) >= 11 is 0. The molecule has 2 rings (SSSR count). The van der Waals surface area contributed by atoms with Crippen LogP contribution in [0, 0.1) is 11.3 Å². The molecule has 130 valence electrons. The van der Waals surface area contributed by atoms with Gasteiger partial charge in [-0.1, -0.05) is 24.3 Å². The summed E-state index contributed by atoms with van der Waals surface area (Å²) in [4.78, 5) is 13.9. The third-order valence-electron chi connectivity index (χ3n) is 3.88. The largest absolute Gasteiger partial charge is 0.378 e. The quantitative estimate of drug-likeness (QED) is 0.760. The van der Waals surface area contributed by atoms with Gasteiger partial charge in [-0.15, -0.1) is 0 Å². The molecular weight excluding hydrogens is 312 g/mol. The molecule has 2 amide bonds. The van der Waals surface area contributed by atoms with Crippen molar-refractivity contribution in [3.8, 4) is 6.07 Å². The number of nitrogens with one attached hydrogen (secondary N) is 2. The van der Waals surface area contributed by atoms with E-state index in [1.807, 2.05) is 26.2 Å². The molecule has 25 heavy (non-hydrogen) atoms. The number of urea groups is 1. The molecule has 0 unspecified atom stereocenters. The van der Waals surface area contributed by atoms with Crippen molar-refractivity contribution in [2.24, 2.45) is 0 Å². The zero-order chi connectivity index (χ0) is 18.1. The fourth-order valence-electron chi connectivity index (χ4n) is 2.43. The van der Waals surface area contributed by atoms with Gasteiger partial charge in [-0.3, -0.25) is 0 Å². The van der Waals surface area contributed by atoms with Gasteiger partial charge in [0.05, 0.1) is 12.5 Å². The number of aryl methyl sites for hydroxylation is 1. The fourth-order valence-corrected chi connectivity index (χ4v) is 2.43. The van der Waals surface area contributed by atoms with E-state index in [1.165, 1.54) is 11.3 Å². The normalized spacial score (nSPS) is 9.96. The number of carbonyl (C=O) groups excluding carboxylic acids is 1. The van der Waals surface area contributed by atoms with Crippen LogP contribution in [0.4, 0.5) is 16.2 Å². The standard InChI is InChI=1S/C20H24N4O/c1-24(2)19-11-7-16(8-12-19)4-3-15-22-20(25)23-18-9-5-17(6-10-18)13-14-21/h5-12H,3-4,13,15H2,1-2H3,(H2,22,23,25). The van der Waals surface area contributed by atoms with E-state index < -0.39 is 0 Å². The second-order valence-electron chi connectivity index (χ2n) is 6.08. The van der Waals surface area contributed by atoms with Gasteiger partial charge in [-0.2, -0.15) is 5.26 Å². The summed E-state index contributed by atoms with van der Waals surface area (Å²) in [5.74, 6) is 0. The van der Waals surface area contributed by atoms with Gasteiger partial charge in [0.25, 0.3) is 0 Å². The van der Waals surface area contributed by atoms with Crippen LogP contribution in [0.15, 0.2) is 48.5 Å². The Kier molecular flexibility index (Phi) is 6.85. The molecule has 0 saturated carbocycles. The Labute approximate surface area is 149 Å². The number of rotatable bonds is 7. The number of amides is 2. The highest BCUT2D eigenvalue weighted by atomic mass is 16.2. The molecule has 0 aliphatic rings. The molecule has 5 heteroatoms. The number of hydrogen-bond donors (Lipinski definition) is 2. The fraction of sp³-hybridized carbons (Fsp3) is 0.300. The first kappa shape index (κ1) is 18.3. The number of nitriles is 1. The summed E-state index contributed by atoms with van der Waals surface area (Å²) in [6.45, 7) is 0.619. The predicted octanol–water partition coefficient (Wildman–Crippen LogP) is 3.57. The molecule has 2 N–H and O–H groups in total. The molecular formula is C20H24N4O. The Morgan fingerprint density at radius 1 is 1.04 bits per heavy atom. The second kappa shape index (κ2) is 9.33. The second-order valence-corrected chi connectivity index (χ2v) is 6.08. The third kappa shape index (κ3) is 6.19. The highest BCUT2D eigenvalue weighted by Crippen LogP contribution is 2.13. The molecule has 0 atom stereocenters. The smallest absolute Gasteiger partial charge is 0.319 e. The van der Waals surface area contributed by atoms with E-state index in [1.54, 1.807) is 12.1 Å². The molecule has 0 spiro atoms. The predicted molar refractivity (Wildman–Crippen MR) is 102 cm³/mol. The van der Waals surface area contributed by atoms with E-state index >= 15 is 0 Å². The van der Waals surface area contributed by atoms with Crippen LogP contribution in [0.25, 0.3) is 0 Å². The van der Waals surface area contributed by atoms with Crippen LogP contribution in [0.5, 0.6) is 0 Å². The molecule has 0 heterocycles. The van der Waals surface area contributed by atoms with Crippen LogP contribution in [-0.2, 0) is 12.8 Å². The van der Waals surface area contributed by atoms with Crippen molar-refractivity contribution >= 4 is 17.4 Å². The Morgan fingerprint density at radius 2 is 1.68 bits per heavy atom. The third-order valence-corrected chi connectivity index (χ3v) is 3.88.